The van der Waals surface area contributed by atoms with Gasteiger partial charge in [-0.05, 0) is 43.2 Å². The summed E-state index contributed by atoms with van der Waals surface area (Å²) in [6.07, 6.45) is 1.53. The Hall–Kier alpha value is -2.15. The lowest BCUT2D eigenvalue weighted by Crippen LogP contribution is -2.26. The van der Waals surface area contributed by atoms with Crippen LogP contribution in [-0.4, -0.2) is 20.9 Å². The third kappa shape index (κ3) is 6.29. The van der Waals surface area contributed by atoms with E-state index in [-0.39, 0.29) is 18.9 Å². The molecule has 0 aliphatic carbocycles. The Kier molecular flexibility index (Phi) is 6.97. The summed E-state index contributed by atoms with van der Waals surface area (Å²) in [6, 6.07) is 12.7. The highest BCUT2D eigenvalue weighted by Gasteiger charge is 2.09. The Morgan fingerprint density at radius 3 is 2.50 bits per heavy atom. The van der Waals surface area contributed by atoms with Crippen molar-refractivity contribution in [3.05, 3.63) is 69.6 Å². The molecule has 138 valence electrons. The van der Waals surface area contributed by atoms with Crippen LogP contribution in [0.25, 0.3) is 6.08 Å². The highest BCUT2D eigenvalue weighted by atomic mass is 35.5. The van der Waals surface area contributed by atoms with Crippen LogP contribution in [0.15, 0.2) is 47.9 Å². The van der Waals surface area contributed by atoms with Gasteiger partial charge >= 0.3 is 0 Å². The van der Waals surface area contributed by atoms with Gasteiger partial charge < -0.3 is 5.32 Å². The number of sulfonamides is 1. The molecule has 2 aromatic rings. The molecule has 0 fully saturated rings. The van der Waals surface area contributed by atoms with Gasteiger partial charge in [0.2, 0.25) is 15.9 Å². The van der Waals surface area contributed by atoms with E-state index in [1.165, 1.54) is 6.08 Å². The van der Waals surface area contributed by atoms with Crippen LogP contribution in [0.2, 0.25) is 5.02 Å². The second-order valence-electron chi connectivity index (χ2n) is 5.86. The van der Waals surface area contributed by atoms with Gasteiger partial charge in [0.25, 0.3) is 0 Å². The second kappa shape index (κ2) is 8.98. The topological polar surface area (TPSA) is 75.3 Å². The standard InChI is InChI=1S/C19H21ClN2O3S/c1-14-6-8-16(9-7-14)11-13-26(24,25)21-12-10-19(23)22-18-5-3-4-17(20)15(18)2/h3-9,11,13,21H,10,12H2,1-2H3,(H,22,23)/b13-11+. The molecule has 7 heteroatoms. The first-order valence-corrected chi connectivity index (χ1v) is 9.99. The van der Waals surface area contributed by atoms with E-state index in [4.69, 9.17) is 11.6 Å². The van der Waals surface area contributed by atoms with E-state index < -0.39 is 10.0 Å². The Morgan fingerprint density at radius 2 is 1.81 bits per heavy atom. The third-order valence-electron chi connectivity index (χ3n) is 3.71. The summed E-state index contributed by atoms with van der Waals surface area (Å²) in [5, 5.41) is 4.38. The lowest BCUT2D eigenvalue weighted by atomic mass is 10.2. The highest BCUT2D eigenvalue weighted by molar-refractivity contribution is 7.92. The van der Waals surface area contributed by atoms with Crippen molar-refractivity contribution in [3.63, 3.8) is 0 Å². The molecule has 0 heterocycles. The van der Waals surface area contributed by atoms with Crippen LogP contribution >= 0.6 is 11.6 Å². The van der Waals surface area contributed by atoms with Crippen LogP contribution in [0.5, 0.6) is 0 Å². The summed E-state index contributed by atoms with van der Waals surface area (Å²) in [5.74, 6) is -0.291. The molecule has 0 unspecified atom stereocenters. The molecule has 0 saturated heterocycles. The lowest BCUT2D eigenvalue weighted by Gasteiger charge is -2.09. The average Bonchev–Trinajstić information content (AvgIpc) is 2.58. The number of carbonyl (C=O) groups is 1. The third-order valence-corrected chi connectivity index (χ3v) is 5.22. The van der Waals surface area contributed by atoms with Crippen molar-refractivity contribution in [3.8, 4) is 0 Å². The van der Waals surface area contributed by atoms with Gasteiger partial charge in [0, 0.05) is 29.1 Å². The predicted molar refractivity (Wildman–Crippen MR) is 107 cm³/mol. The monoisotopic (exact) mass is 392 g/mol. The smallest absolute Gasteiger partial charge is 0.233 e. The van der Waals surface area contributed by atoms with Crippen molar-refractivity contribution in [1.82, 2.24) is 4.72 Å². The minimum absolute atomic E-state index is 0.00597. The number of hydrogen-bond acceptors (Lipinski definition) is 3. The van der Waals surface area contributed by atoms with Crippen molar-refractivity contribution in [1.29, 1.82) is 0 Å². The maximum atomic E-state index is 12.0. The predicted octanol–water partition coefficient (Wildman–Crippen LogP) is 3.88. The fourth-order valence-electron chi connectivity index (χ4n) is 2.16. The van der Waals surface area contributed by atoms with Crippen molar-refractivity contribution < 1.29 is 13.2 Å². The maximum absolute atomic E-state index is 12.0. The van der Waals surface area contributed by atoms with Gasteiger partial charge in [0.15, 0.2) is 0 Å². The molecule has 0 bridgehead atoms. The molecule has 0 aliphatic heterocycles. The number of rotatable bonds is 7. The number of hydrogen-bond donors (Lipinski definition) is 2. The van der Waals surface area contributed by atoms with Gasteiger partial charge in [-0.25, -0.2) is 13.1 Å². The quantitative estimate of drug-likeness (QED) is 0.750. The van der Waals surface area contributed by atoms with Crippen molar-refractivity contribution in [2.75, 3.05) is 11.9 Å². The number of anilines is 1. The first-order chi connectivity index (χ1) is 12.3. The van der Waals surface area contributed by atoms with E-state index in [0.717, 1.165) is 22.1 Å². The lowest BCUT2D eigenvalue weighted by molar-refractivity contribution is -0.116. The van der Waals surface area contributed by atoms with Crippen molar-refractivity contribution in [2.45, 2.75) is 20.3 Å². The average molecular weight is 393 g/mol. The van der Waals surface area contributed by atoms with Crippen LogP contribution in [0.3, 0.4) is 0 Å². The highest BCUT2D eigenvalue weighted by Crippen LogP contribution is 2.22. The molecular formula is C19H21ClN2O3S. The zero-order chi connectivity index (χ0) is 19.2. The van der Waals surface area contributed by atoms with Crippen LogP contribution in [-0.2, 0) is 14.8 Å². The Balaban J connectivity index is 1.84. The molecular weight excluding hydrogens is 372 g/mol. The van der Waals surface area contributed by atoms with E-state index in [1.807, 2.05) is 31.2 Å². The number of halogens is 1. The number of aryl methyl sites for hydroxylation is 1. The summed E-state index contributed by atoms with van der Waals surface area (Å²) in [7, 11) is -3.60. The summed E-state index contributed by atoms with van der Waals surface area (Å²) in [5.41, 5.74) is 3.27. The zero-order valence-electron chi connectivity index (χ0n) is 14.6. The zero-order valence-corrected chi connectivity index (χ0v) is 16.2. The number of amides is 1. The van der Waals surface area contributed by atoms with Gasteiger partial charge in [-0.3, -0.25) is 4.79 Å². The van der Waals surface area contributed by atoms with Crippen molar-refractivity contribution in [2.24, 2.45) is 0 Å². The number of carbonyl (C=O) groups excluding carboxylic acids is 1. The van der Waals surface area contributed by atoms with Gasteiger partial charge in [-0.2, -0.15) is 0 Å². The summed E-state index contributed by atoms with van der Waals surface area (Å²) in [6.45, 7) is 3.77. The van der Waals surface area contributed by atoms with Crippen molar-refractivity contribution >= 4 is 39.3 Å². The Morgan fingerprint density at radius 1 is 1.12 bits per heavy atom. The molecule has 0 radical (unpaired) electrons. The maximum Gasteiger partial charge on any atom is 0.233 e. The van der Waals surface area contributed by atoms with E-state index in [2.05, 4.69) is 10.0 Å². The molecule has 2 N–H and O–H groups in total. The van der Waals surface area contributed by atoms with Crippen LogP contribution < -0.4 is 10.0 Å². The molecule has 26 heavy (non-hydrogen) atoms. The van der Waals surface area contributed by atoms with Crippen LogP contribution in [0.4, 0.5) is 5.69 Å². The first-order valence-electron chi connectivity index (χ1n) is 8.06. The molecule has 2 rings (SSSR count). The Labute approximate surface area is 159 Å². The molecule has 0 atom stereocenters. The van der Waals surface area contributed by atoms with Crippen LogP contribution in [0, 0.1) is 13.8 Å². The first kappa shape index (κ1) is 20.2. The van der Waals surface area contributed by atoms with E-state index in [9.17, 15) is 13.2 Å². The normalized spacial score (nSPS) is 11.7. The molecule has 0 aliphatic rings. The second-order valence-corrected chi connectivity index (χ2v) is 7.92. The van der Waals surface area contributed by atoms with E-state index in [0.29, 0.717) is 10.7 Å². The molecule has 2 aromatic carbocycles. The van der Waals surface area contributed by atoms with E-state index >= 15 is 0 Å². The Bertz CT molecular complexity index is 907. The summed E-state index contributed by atoms with van der Waals surface area (Å²) in [4.78, 5) is 12.0. The van der Waals surface area contributed by atoms with Gasteiger partial charge in [-0.1, -0.05) is 47.5 Å². The van der Waals surface area contributed by atoms with Gasteiger partial charge in [-0.15, -0.1) is 0 Å². The minimum Gasteiger partial charge on any atom is -0.326 e. The molecule has 0 aromatic heterocycles. The van der Waals surface area contributed by atoms with E-state index in [1.54, 1.807) is 25.1 Å². The molecule has 0 spiro atoms. The number of benzene rings is 2. The summed E-state index contributed by atoms with van der Waals surface area (Å²) >= 11 is 6.00. The van der Waals surface area contributed by atoms with Crippen LogP contribution in [0.1, 0.15) is 23.1 Å². The SMILES string of the molecule is Cc1ccc(/C=C/S(=O)(=O)NCCC(=O)Nc2cccc(Cl)c2C)cc1. The molecule has 0 saturated carbocycles. The summed E-state index contributed by atoms with van der Waals surface area (Å²) < 4.78 is 26.3. The molecule has 5 nitrogen and oxygen atoms in total. The van der Waals surface area contributed by atoms with Gasteiger partial charge in [0.1, 0.15) is 0 Å². The minimum atomic E-state index is -3.60. The van der Waals surface area contributed by atoms with Gasteiger partial charge in [0.05, 0.1) is 0 Å². The fraction of sp³-hybridized carbons (Fsp3) is 0.211. The largest absolute Gasteiger partial charge is 0.326 e. The molecule has 1 amide bonds. The number of nitrogens with one attached hydrogen (secondary N) is 2. The fourth-order valence-corrected chi connectivity index (χ4v) is 3.15.